The molecule has 0 aromatic heterocycles. The quantitative estimate of drug-likeness (QED) is 0.282. The van der Waals surface area contributed by atoms with Crippen molar-refractivity contribution in [1.29, 1.82) is 0 Å². The number of nitrogens with two attached hydrogens (primary N) is 1. The number of nitrogens with one attached hydrogen (secondary N) is 2. The van der Waals surface area contributed by atoms with Crippen LogP contribution in [0.15, 0.2) is 41.5 Å². The van der Waals surface area contributed by atoms with E-state index in [1.165, 1.54) is 20.4 Å². The van der Waals surface area contributed by atoms with Gasteiger partial charge in [0.05, 0.1) is 32.7 Å². The van der Waals surface area contributed by atoms with Crippen molar-refractivity contribution in [2.24, 2.45) is 10.8 Å². The summed E-state index contributed by atoms with van der Waals surface area (Å²) in [6.45, 7) is 1.85. The van der Waals surface area contributed by atoms with Crippen LogP contribution in [0.4, 0.5) is 5.69 Å². The molecule has 32 heavy (non-hydrogen) atoms. The number of rotatable bonds is 10. The second-order valence-corrected chi connectivity index (χ2v) is 6.11. The fourth-order valence-electron chi connectivity index (χ4n) is 2.44. The van der Waals surface area contributed by atoms with Crippen LogP contribution in [0.3, 0.4) is 0 Å². The Balaban J connectivity index is 2.01. The highest BCUT2D eigenvalue weighted by molar-refractivity contribution is 6.39. The molecule has 2 rings (SSSR count). The Morgan fingerprint density at radius 1 is 0.969 bits per heavy atom. The molecule has 11 heteroatoms. The molecular formula is C21H24N4O7. The fraction of sp³-hybridized carbons (Fsp3) is 0.238. The van der Waals surface area contributed by atoms with E-state index in [1.54, 1.807) is 43.3 Å². The number of methoxy groups -OCH3 is 2. The summed E-state index contributed by atoms with van der Waals surface area (Å²) in [7, 11) is 2.92. The Morgan fingerprint density at radius 3 is 2.41 bits per heavy atom. The van der Waals surface area contributed by atoms with E-state index < -0.39 is 17.7 Å². The molecule has 0 atom stereocenters. The molecule has 0 bridgehead atoms. The summed E-state index contributed by atoms with van der Waals surface area (Å²) in [5.74, 6) is -0.969. The highest BCUT2D eigenvalue weighted by atomic mass is 16.5. The van der Waals surface area contributed by atoms with Crippen molar-refractivity contribution >= 4 is 29.6 Å². The lowest BCUT2D eigenvalue weighted by molar-refractivity contribution is -0.136. The Kier molecular flexibility index (Phi) is 8.84. The first-order valence-electron chi connectivity index (χ1n) is 9.42. The topological polar surface area (TPSA) is 151 Å². The van der Waals surface area contributed by atoms with Crippen LogP contribution in [0.5, 0.6) is 23.0 Å². The maximum Gasteiger partial charge on any atom is 0.329 e. The minimum Gasteiger partial charge on any atom is -0.497 e. The monoisotopic (exact) mass is 444 g/mol. The van der Waals surface area contributed by atoms with Gasteiger partial charge in [0, 0.05) is 6.07 Å². The van der Waals surface area contributed by atoms with Gasteiger partial charge in [-0.3, -0.25) is 14.4 Å². The molecule has 0 aliphatic carbocycles. The van der Waals surface area contributed by atoms with Crippen LogP contribution in [0.25, 0.3) is 0 Å². The number of anilines is 1. The van der Waals surface area contributed by atoms with Gasteiger partial charge in [-0.2, -0.15) is 5.10 Å². The number of ether oxygens (including phenoxy) is 4. The van der Waals surface area contributed by atoms with Gasteiger partial charge in [-0.15, -0.1) is 0 Å². The molecule has 0 aliphatic rings. The number of primary amides is 1. The zero-order chi connectivity index (χ0) is 23.5. The smallest absolute Gasteiger partial charge is 0.329 e. The summed E-state index contributed by atoms with van der Waals surface area (Å²) in [6.07, 6.45) is 1.32. The van der Waals surface area contributed by atoms with Crippen molar-refractivity contribution in [3.8, 4) is 23.0 Å². The van der Waals surface area contributed by atoms with E-state index in [1.807, 2.05) is 0 Å². The molecule has 2 aromatic carbocycles. The lowest BCUT2D eigenvalue weighted by Crippen LogP contribution is -2.32. The third kappa shape index (κ3) is 6.90. The molecule has 0 radical (unpaired) electrons. The van der Waals surface area contributed by atoms with E-state index in [4.69, 9.17) is 24.7 Å². The minimum atomic E-state index is -0.981. The van der Waals surface area contributed by atoms with Crippen LogP contribution >= 0.6 is 0 Å². The molecule has 0 aliphatic heterocycles. The van der Waals surface area contributed by atoms with Crippen molar-refractivity contribution in [2.75, 3.05) is 32.8 Å². The average molecular weight is 444 g/mol. The zero-order valence-corrected chi connectivity index (χ0v) is 17.8. The van der Waals surface area contributed by atoms with Crippen LogP contribution in [-0.4, -0.2) is 51.4 Å². The molecular weight excluding hydrogens is 420 g/mol. The number of carbonyl (C=O) groups excluding carboxylic acids is 3. The Bertz CT molecular complexity index is 1010. The van der Waals surface area contributed by atoms with Crippen LogP contribution in [0.2, 0.25) is 0 Å². The highest BCUT2D eigenvalue weighted by Crippen LogP contribution is 2.29. The SMILES string of the molecule is CCOc1cc(/C=N/NC(=O)C(=O)Nc2ccc(OC)cc2OC)ccc1OCC(N)=O. The zero-order valence-electron chi connectivity index (χ0n) is 17.8. The van der Waals surface area contributed by atoms with Crippen molar-refractivity contribution in [1.82, 2.24) is 5.43 Å². The number of hydrazone groups is 1. The molecule has 0 heterocycles. The molecule has 170 valence electrons. The van der Waals surface area contributed by atoms with Gasteiger partial charge < -0.3 is 30.0 Å². The van der Waals surface area contributed by atoms with Crippen LogP contribution < -0.4 is 35.4 Å². The van der Waals surface area contributed by atoms with Gasteiger partial charge in [0.2, 0.25) is 0 Å². The molecule has 4 N–H and O–H groups in total. The van der Waals surface area contributed by atoms with Crippen LogP contribution in [0.1, 0.15) is 12.5 Å². The van der Waals surface area contributed by atoms with Gasteiger partial charge in [-0.25, -0.2) is 5.43 Å². The van der Waals surface area contributed by atoms with E-state index in [2.05, 4.69) is 15.8 Å². The van der Waals surface area contributed by atoms with E-state index >= 15 is 0 Å². The van der Waals surface area contributed by atoms with Crippen LogP contribution in [0, 0.1) is 0 Å². The summed E-state index contributed by atoms with van der Waals surface area (Å²) in [4.78, 5) is 35.1. The Hall–Kier alpha value is -4.28. The first-order chi connectivity index (χ1) is 15.4. The summed E-state index contributed by atoms with van der Waals surface area (Å²) in [5.41, 5.74) is 8.07. The predicted octanol–water partition coefficient (Wildman–Crippen LogP) is 1.06. The molecule has 0 saturated carbocycles. The summed E-state index contributed by atoms with van der Waals surface area (Å²) < 4.78 is 21.0. The van der Waals surface area contributed by atoms with Crippen molar-refractivity contribution in [3.63, 3.8) is 0 Å². The summed E-state index contributed by atoms with van der Waals surface area (Å²) in [6, 6.07) is 9.51. The van der Waals surface area contributed by atoms with Gasteiger partial charge in [0.1, 0.15) is 11.5 Å². The Labute approximate surface area is 184 Å². The normalized spacial score (nSPS) is 10.3. The lowest BCUT2D eigenvalue weighted by Gasteiger charge is -2.11. The van der Waals surface area contributed by atoms with Gasteiger partial charge in [0.25, 0.3) is 5.91 Å². The van der Waals surface area contributed by atoms with Crippen LogP contribution in [-0.2, 0) is 14.4 Å². The first kappa shape index (κ1) is 24.0. The maximum absolute atomic E-state index is 12.1. The van der Waals surface area contributed by atoms with E-state index in [0.717, 1.165) is 0 Å². The summed E-state index contributed by atoms with van der Waals surface area (Å²) >= 11 is 0. The van der Waals surface area contributed by atoms with E-state index in [0.29, 0.717) is 40.9 Å². The predicted molar refractivity (Wildman–Crippen MR) is 116 cm³/mol. The largest absolute Gasteiger partial charge is 0.497 e. The summed E-state index contributed by atoms with van der Waals surface area (Å²) in [5, 5.41) is 6.21. The van der Waals surface area contributed by atoms with Crippen molar-refractivity contribution in [2.45, 2.75) is 6.92 Å². The highest BCUT2D eigenvalue weighted by Gasteiger charge is 2.16. The van der Waals surface area contributed by atoms with Gasteiger partial charge in [0.15, 0.2) is 18.1 Å². The Morgan fingerprint density at radius 2 is 1.75 bits per heavy atom. The number of carbonyl (C=O) groups is 3. The third-order valence-electron chi connectivity index (χ3n) is 3.88. The first-order valence-corrected chi connectivity index (χ1v) is 9.42. The van der Waals surface area contributed by atoms with E-state index in [-0.39, 0.29) is 6.61 Å². The number of hydrogen-bond acceptors (Lipinski definition) is 8. The second kappa shape index (κ2) is 11.8. The van der Waals surface area contributed by atoms with Gasteiger partial charge in [-0.1, -0.05) is 0 Å². The maximum atomic E-state index is 12.1. The molecule has 0 saturated heterocycles. The number of amides is 3. The van der Waals surface area contributed by atoms with Gasteiger partial charge in [-0.05, 0) is 42.8 Å². The van der Waals surface area contributed by atoms with E-state index in [9.17, 15) is 14.4 Å². The lowest BCUT2D eigenvalue weighted by atomic mass is 10.2. The van der Waals surface area contributed by atoms with Crippen molar-refractivity contribution < 1.29 is 33.3 Å². The number of benzene rings is 2. The third-order valence-corrected chi connectivity index (χ3v) is 3.88. The standard InChI is InChI=1S/C21H24N4O7/c1-4-31-18-9-13(5-8-16(18)32-12-19(22)26)11-23-25-21(28)20(27)24-15-7-6-14(29-2)10-17(15)30-3/h5-11H,4,12H2,1-3H3,(H2,22,26)(H,24,27)(H,25,28)/b23-11+. The molecule has 11 nitrogen and oxygen atoms in total. The molecule has 2 aromatic rings. The second-order valence-electron chi connectivity index (χ2n) is 6.11. The molecule has 0 spiro atoms. The molecule has 0 unspecified atom stereocenters. The van der Waals surface area contributed by atoms with Crippen molar-refractivity contribution in [3.05, 3.63) is 42.0 Å². The number of hydrogen-bond donors (Lipinski definition) is 3. The van der Waals surface area contributed by atoms with Gasteiger partial charge >= 0.3 is 11.8 Å². The molecule has 0 fully saturated rings. The average Bonchev–Trinajstić information content (AvgIpc) is 2.78. The number of nitrogens with zero attached hydrogens (tertiary/aromatic N) is 1. The fourth-order valence-corrected chi connectivity index (χ4v) is 2.44. The molecule has 3 amide bonds. The minimum absolute atomic E-state index is 0.294.